The van der Waals surface area contributed by atoms with Crippen LogP contribution in [0.5, 0.6) is 0 Å². The van der Waals surface area contributed by atoms with E-state index in [1.54, 1.807) is 18.3 Å². The normalized spacial score (nSPS) is 7.20. The van der Waals surface area contributed by atoms with E-state index in [9.17, 15) is 4.79 Å². The zero-order valence-electron chi connectivity index (χ0n) is 7.58. The third-order valence-corrected chi connectivity index (χ3v) is 0.681. The van der Waals surface area contributed by atoms with Gasteiger partial charge < -0.3 is 26.7 Å². The van der Waals surface area contributed by atoms with Crippen LogP contribution in [0, 0.1) is 0 Å². The minimum absolute atomic E-state index is 0.0532. The predicted molar refractivity (Wildman–Crippen MR) is 51.5 cm³/mol. The average molecular weight is 217 g/mol. The lowest BCUT2D eigenvalue weighted by atomic mass is 10.5. The summed E-state index contributed by atoms with van der Waals surface area (Å²) in [6.07, 6.45) is -1.07. The van der Waals surface area contributed by atoms with Gasteiger partial charge in [-0.25, -0.2) is 9.59 Å². The number of hydrogen-bond donors (Lipinski definition) is 5. The molecule has 0 aliphatic heterocycles. The lowest BCUT2D eigenvalue weighted by molar-refractivity contribution is 0.204. The first-order valence-corrected chi connectivity index (χ1v) is 3.46. The Morgan fingerprint density at radius 1 is 1.13 bits per heavy atom. The molecular formula is C7H11N3O5. The number of carbonyl (C=O) groups is 2. The number of nitrogens with one attached hydrogen (secondary N) is 1. The van der Waals surface area contributed by atoms with Crippen LogP contribution in [0.25, 0.3) is 0 Å². The number of aromatic nitrogens is 1. The zero-order chi connectivity index (χ0) is 12.3. The first kappa shape index (κ1) is 15.0. The molecule has 0 atom stereocenters. The molecule has 1 heterocycles. The van der Waals surface area contributed by atoms with Crippen LogP contribution in [-0.4, -0.2) is 27.4 Å². The van der Waals surface area contributed by atoms with Crippen LogP contribution in [0.1, 0.15) is 0 Å². The van der Waals surface area contributed by atoms with Crippen molar-refractivity contribution in [2.24, 2.45) is 11.5 Å². The van der Waals surface area contributed by atoms with Crippen LogP contribution in [0.15, 0.2) is 29.2 Å². The third kappa shape index (κ3) is 34.3. The summed E-state index contributed by atoms with van der Waals surface area (Å²) in [4.78, 5) is 30.2. The number of primary amides is 2. The second kappa shape index (κ2) is 9.58. The maximum Gasteiger partial charge on any atom is 0.402 e. The van der Waals surface area contributed by atoms with Gasteiger partial charge in [0.15, 0.2) is 0 Å². The Morgan fingerprint density at radius 2 is 1.53 bits per heavy atom. The van der Waals surface area contributed by atoms with Crippen LogP contribution >= 0.6 is 0 Å². The Balaban J connectivity index is 0. The van der Waals surface area contributed by atoms with E-state index >= 15 is 0 Å². The number of aromatic amines is 1. The Bertz CT molecular complexity index is 311. The fraction of sp³-hybridized carbons (Fsp3) is 0. The van der Waals surface area contributed by atoms with Gasteiger partial charge in [-0.2, -0.15) is 0 Å². The molecule has 1 rings (SSSR count). The maximum absolute atomic E-state index is 10.2. The molecular weight excluding hydrogens is 206 g/mol. The smallest absolute Gasteiger partial charge is 0.402 e. The maximum atomic E-state index is 10.2. The number of hydrogen-bond acceptors (Lipinski definition) is 3. The van der Waals surface area contributed by atoms with E-state index in [1.807, 2.05) is 0 Å². The Hall–Kier alpha value is -2.51. The molecule has 7 N–H and O–H groups in total. The summed E-state index contributed by atoms with van der Waals surface area (Å²) in [7, 11) is 0. The standard InChI is InChI=1S/C5H5NO.2CH3NO2/c7-5-3-1-2-4-6-5;2*2-1(3)4/h1-4H,(H,6,7);2*2H2,(H,3,4). The number of pyridine rings is 1. The fourth-order valence-corrected chi connectivity index (χ4v) is 0.377. The summed E-state index contributed by atoms with van der Waals surface area (Å²) in [6, 6.07) is 4.93. The van der Waals surface area contributed by atoms with Crippen LogP contribution in [0.2, 0.25) is 0 Å². The van der Waals surface area contributed by atoms with Crippen LogP contribution in [-0.2, 0) is 0 Å². The minimum atomic E-state index is -1.33. The van der Waals surface area contributed by atoms with Crippen LogP contribution in [0.3, 0.4) is 0 Å². The van der Waals surface area contributed by atoms with Gasteiger partial charge in [0, 0.05) is 12.3 Å². The van der Waals surface area contributed by atoms with E-state index < -0.39 is 12.2 Å². The number of amides is 2. The molecule has 1 aromatic rings. The highest BCUT2D eigenvalue weighted by Crippen LogP contribution is 1.67. The van der Waals surface area contributed by atoms with Gasteiger partial charge >= 0.3 is 12.2 Å². The Morgan fingerprint density at radius 3 is 1.67 bits per heavy atom. The molecule has 0 bridgehead atoms. The lowest BCUT2D eigenvalue weighted by Crippen LogP contribution is -2.03. The second-order valence-corrected chi connectivity index (χ2v) is 1.90. The van der Waals surface area contributed by atoms with Gasteiger partial charge in [0.25, 0.3) is 0 Å². The summed E-state index contributed by atoms with van der Waals surface area (Å²) in [5, 5.41) is 14.4. The summed E-state index contributed by atoms with van der Waals surface area (Å²) < 4.78 is 0. The van der Waals surface area contributed by atoms with Gasteiger partial charge in [0.1, 0.15) is 0 Å². The topological polar surface area (TPSA) is 160 Å². The highest BCUT2D eigenvalue weighted by molar-refractivity contribution is 5.61. The van der Waals surface area contributed by atoms with Gasteiger partial charge in [0.2, 0.25) is 5.56 Å². The monoisotopic (exact) mass is 217 g/mol. The molecule has 0 saturated carbocycles. The summed E-state index contributed by atoms with van der Waals surface area (Å²) in [5.74, 6) is 0. The third-order valence-electron chi connectivity index (χ3n) is 0.681. The molecule has 8 heteroatoms. The van der Waals surface area contributed by atoms with E-state index in [4.69, 9.17) is 19.8 Å². The molecule has 84 valence electrons. The molecule has 2 amide bonds. The molecule has 0 aliphatic carbocycles. The van der Waals surface area contributed by atoms with Crippen LogP contribution in [0.4, 0.5) is 9.59 Å². The Kier molecular flexibility index (Phi) is 9.57. The molecule has 15 heavy (non-hydrogen) atoms. The minimum Gasteiger partial charge on any atom is -0.465 e. The van der Waals surface area contributed by atoms with E-state index in [1.165, 1.54) is 6.07 Å². The van der Waals surface area contributed by atoms with Crippen LogP contribution < -0.4 is 17.0 Å². The van der Waals surface area contributed by atoms with Crippen molar-refractivity contribution in [3.8, 4) is 0 Å². The van der Waals surface area contributed by atoms with Crippen molar-refractivity contribution < 1.29 is 19.8 Å². The number of H-pyrrole nitrogens is 1. The van der Waals surface area contributed by atoms with Crippen molar-refractivity contribution in [2.45, 2.75) is 0 Å². The number of carboxylic acid groups (broad SMARTS) is 2. The summed E-state index contributed by atoms with van der Waals surface area (Å²) in [6.45, 7) is 0. The predicted octanol–water partition coefficient (Wildman–Crippen LogP) is -0.379. The van der Waals surface area contributed by atoms with Crippen molar-refractivity contribution in [1.82, 2.24) is 4.98 Å². The number of nitrogens with two attached hydrogens (primary N) is 2. The molecule has 0 fully saturated rings. The van der Waals surface area contributed by atoms with Gasteiger partial charge in [-0.1, -0.05) is 6.07 Å². The SMILES string of the molecule is NC(=O)O.NC(=O)O.O=c1cccc[nH]1. The first-order chi connectivity index (χ1) is 6.86. The van der Waals surface area contributed by atoms with Gasteiger partial charge in [-0.3, -0.25) is 4.79 Å². The highest BCUT2D eigenvalue weighted by Gasteiger charge is 1.69. The molecule has 8 nitrogen and oxygen atoms in total. The molecule has 0 radical (unpaired) electrons. The van der Waals surface area contributed by atoms with Gasteiger partial charge in [0.05, 0.1) is 0 Å². The first-order valence-electron chi connectivity index (χ1n) is 3.46. The van der Waals surface area contributed by atoms with E-state index in [0.717, 1.165) is 0 Å². The molecule has 0 saturated heterocycles. The molecule has 0 unspecified atom stereocenters. The fourth-order valence-electron chi connectivity index (χ4n) is 0.377. The van der Waals surface area contributed by atoms with E-state index in [-0.39, 0.29) is 5.56 Å². The summed E-state index contributed by atoms with van der Waals surface area (Å²) >= 11 is 0. The van der Waals surface area contributed by atoms with E-state index in [2.05, 4.69) is 16.5 Å². The van der Waals surface area contributed by atoms with Crippen molar-refractivity contribution in [3.05, 3.63) is 34.7 Å². The summed E-state index contributed by atoms with van der Waals surface area (Å²) in [5.41, 5.74) is 8.00. The van der Waals surface area contributed by atoms with Crippen molar-refractivity contribution in [3.63, 3.8) is 0 Å². The largest absolute Gasteiger partial charge is 0.465 e. The molecule has 0 aromatic carbocycles. The van der Waals surface area contributed by atoms with Gasteiger partial charge in [-0.05, 0) is 6.07 Å². The average Bonchev–Trinajstić information content (AvgIpc) is 2.03. The highest BCUT2D eigenvalue weighted by atomic mass is 16.4. The molecule has 0 spiro atoms. The second-order valence-electron chi connectivity index (χ2n) is 1.90. The van der Waals surface area contributed by atoms with Gasteiger partial charge in [-0.15, -0.1) is 0 Å². The van der Waals surface area contributed by atoms with Crippen molar-refractivity contribution in [1.29, 1.82) is 0 Å². The Labute approximate surface area is 84.1 Å². The zero-order valence-corrected chi connectivity index (χ0v) is 7.58. The quantitative estimate of drug-likeness (QED) is 0.399. The van der Waals surface area contributed by atoms with Crippen molar-refractivity contribution in [2.75, 3.05) is 0 Å². The lowest BCUT2D eigenvalue weighted by Gasteiger charge is -1.73. The molecule has 1 aromatic heterocycles. The molecule has 0 aliphatic rings. The van der Waals surface area contributed by atoms with E-state index in [0.29, 0.717) is 0 Å². The van der Waals surface area contributed by atoms with Crippen molar-refractivity contribution >= 4 is 12.2 Å². The number of rotatable bonds is 0.